The predicted octanol–water partition coefficient (Wildman–Crippen LogP) is 8.51. The van der Waals surface area contributed by atoms with Gasteiger partial charge >= 0.3 is 0 Å². The van der Waals surface area contributed by atoms with Gasteiger partial charge in [-0.05, 0) is 87.4 Å². The first-order chi connectivity index (χ1) is 24.1. The van der Waals surface area contributed by atoms with Gasteiger partial charge in [-0.1, -0.05) is 60.7 Å². The van der Waals surface area contributed by atoms with Gasteiger partial charge in [-0.2, -0.15) is 0 Å². The van der Waals surface area contributed by atoms with Crippen molar-refractivity contribution < 1.29 is 19.2 Å². The molecule has 2 aliphatic heterocycles. The number of carbonyl (C=O) groups excluding carboxylic acids is 4. The second-order valence-electron chi connectivity index (χ2n) is 12.6. The summed E-state index contributed by atoms with van der Waals surface area (Å²) in [6.07, 6.45) is 7.38. The van der Waals surface area contributed by atoms with Crippen molar-refractivity contribution in [3.8, 4) is 22.3 Å². The second kappa shape index (κ2) is 13.0. The van der Waals surface area contributed by atoms with Gasteiger partial charge in [0.05, 0.1) is 22.8 Å². The largest absolute Gasteiger partial charge is 0.355 e. The fourth-order valence-corrected chi connectivity index (χ4v) is 7.06. The summed E-state index contributed by atoms with van der Waals surface area (Å²) in [5.41, 5.74) is 9.02. The lowest BCUT2D eigenvalue weighted by Gasteiger charge is -2.13. The zero-order valence-corrected chi connectivity index (χ0v) is 28.1. The number of H-pyrrole nitrogens is 2. The Labute approximate surface area is 288 Å². The summed E-state index contributed by atoms with van der Waals surface area (Å²) >= 11 is 0. The summed E-state index contributed by atoms with van der Waals surface area (Å²) in [5, 5.41) is 0. The number of ketones is 4. The molecule has 8 bridgehead atoms. The molecule has 0 fully saturated rings. The molecule has 7 rings (SSSR count). The Balaban J connectivity index is 1.73. The number of Topliss-reactive ketones (excluding diaryl/α,β-unsaturated/α-hetero) is 4. The number of aromatic amines is 2. The maximum atomic E-state index is 13.1. The van der Waals surface area contributed by atoms with Crippen LogP contribution in [0.15, 0.2) is 84.9 Å². The number of hydrogen-bond donors (Lipinski definition) is 2. The van der Waals surface area contributed by atoms with Gasteiger partial charge in [0.1, 0.15) is 35.0 Å². The van der Waals surface area contributed by atoms with Crippen LogP contribution < -0.4 is 0 Å². The molecule has 50 heavy (non-hydrogen) atoms. The SMILES string of the molecule is CC(=O)C(C(C)=O)c1c2nc(c(-c3ccccc3)c3ccc([nH]3)c(C(C(C)=O)C(C)=O)c3ccc([nH]3)c(-c3ccccc3)c3nc1C=C3)C=C2. The van der Waals surface area contributed by atoms with Crippen LogP contribution in [-0.4, -0.2) is 43.1 Å². The van der Waals surface area contributed by atoms with Crippen molar-refractivity contribution in [2.75, 3.05) is 0 Å². The molecule has 5 aromatic rings. The van der Waals surface area contributed by atoms with E-state index in [1.807, 2.05) is 109 Å². The van der Waals surface area contributed by atoms with Crippen LogP contribution >= 0.6 is 0 Å². The topological polar surface area (TPSA) is 126 Å². The molecule has 8 nitrogen and oxygen atoms in total. The molecule has 0 saturated carbocycles. The van der Waals surface area contributed by atoms with E-state index in [-0.39, 0.29) is 23.1 Å². The minimum Gasteiger partial charge on any atom is -0.355 e. The quantitative estimate of drug-likeness (QED) is 0.158. The lowest BCUT2D eigenvalue weighted by molar-refractivity contribution is -0.128. The summed E-state index contributed by atoms with van der Waals surface area (Å²) < 4.78 is 0. The Kier molecular flexibility index (Phi) is 8.37. The van der Waals surface area contributed by atoms with E-state index in [2.05, 4.69) is 9.97 Å². The first-order valence-corrected chi connectivity index (χ1v) is 16.4. The molecule has 8 heteroatoms. The lowest BCUT2D eigenvalue weighted by atomic mass is 9.89. The van der Waals surface area contributed by atoms with E-state index in [4.69, 9.17) is 9.97 Å². The molecular formula is C42H34N4O4. The third-order valence-corrected chi connectivity index (χ3v) is 9.16. The van der Waals surface area contributed by atoms with Gasteiger partial charge in [-0.15, -0.1) is 0 Å². The van der Waals surface area contributed by atoms with Crippen molar-refractivity contribution in [1.29, 1.82) is 0 Å². The highest BCUT2D eigenvalue weighted by atomic mass is 16.2. The Hall–Kier alpha value is -6.28. The summed E-state index contributed by atoms with van der Waals surface area (Å²) in [6.45, 7) is 5.70. The lowest BCUT2D eigenvalue weighted by Crippen LogP contribution is -2.19. The monoisotopic (exact) mass is 658 g/mol. The molecular weight excluding hydrogens is 624 g/mol. The third kappa shape index (κ3) is 5.75. The van der Waals surface area contributed by atoms with Gasteiger partial charge in [0.25, 0.3) is 0 Å². The van der Waals surface area contributed by atoms with Gasteiger partial charge < -0.3 is 9.97 Å². The van der Waals surface area contributed by atoms with Gasteiger partial charge in [-0.25, -0.2) is 9.97 Å². The Morgan fingerprint density at radius 1 is 0.440 bits per heavy atom. The molecule has 0 amide bonds. The van der Waals surface area contributed by atoms with Crippen LogP contribution in [-0.2, 0) is 19.2 Å². The van der Waals surface area contributed by atoms with E-state index < -0.39 is 11.8 Å². The highest BCUT2D eigenvalue weighted by Gasteiger charge is 2.30. The van der Waals surface area contributed by atoms with Crippen LogP contribution in [0.3, 0.4) is 0 Å². The van der Waals surface area contributed by atoms with Crippen molar-refractivity contribution in [2.24, 2.45) is 0 Å². The number of carbonyl (C=O) groups is 4. The average molecular weight is 659 g/mol. The molecule has 0 aliphatic carbocycles. The molecule has 2 aliphatic rings. The highest BCUT2D eigenvalue weighted by Crippen LogP contribution is 2.37. The molecule has 0 unspecified atom stereocenters. The minimum atomic E-state index is -1.07. The number of nitrogens with one attached hydrogen (secondary N) is 2. The van der Waals surface area contributed by atoms with Crippen LogP contribution in [0.1, 0.15) is 73.4 Å². The zero-order valence-electron chi connectivity index (χ0n) is 28.1. The number of nitrogens with zero attached hydrogens (tertiary/aromatic N) is 2. The third-order valence-electron chi connectivity index (χ3n) is 9.16. The Morgan fingerprint density at radius 2 is 0.780 bits per heavy atom. The summed E-state index contributed by atoms with van der Waals surface area (Å²) in [6, 6.07) is 27.1. The number of benzene rings is 2. The number of hydrogen-bond acceptors (Lipinski definition) is 6. The summed E-state index contributed by atoms with van der Waals surface area (Å²) in [7, 11) is 0. The molecule has 0 radical (unpaired) electrons. The van der Waals surface area contributed by atoms with Crippen molar-refractivity contribution in [1.82, 2.24) is 19.9 Å². The standard InChI is InChI=1S/C42H34N4O4/c1-23(47)37(24(2)48)41-33-19-15-29(43-33)39(27-11-7-5-8-12-27)31-17-21-35(45-31)42(38(25(3)49)26(4)50)36-22-18-32(46-36)40(28-13-9-6-10-14-28)30-16-20-34(41)44-30/h5-22,37-38,43-44H,1-4H3. The van der Waals surface area contributed by atoms with Gasteiger partial charge in [-0.3, -0.25) is 19.2 Å². The van der Waals surface area contributed by atoms with E-state index in [9.17, 15) is 19.2 Å². The first-order valence-electron chi connectivity index (χ1n) is 16.4. The summed E-state index contributed by atoms with van der Waals surface area (Å²) in [5.74, 6) is -3.23. The molecule has 2 aromatic carbocycles. The highest BCUT2D eigenvalue weighted by molar-refractivity contribution is 6.10. The van der Waals surface area contributed by atoms with E-state index in [1.54, 1.807) is 0 Å². The average Bonchev–Trinajstić information content (AvgIpc) is 3.92. The zero-order chi connectivity index (χ0) is 35.1. The van der Waals surface area contributed by atoms with Crippen molar-refractivity contribution in [2.45, 2.75) is 39.5 Å². The van der Waals surface area contributed by atoms with Crippen molar-refractivity contribution in [3.05, 3.63) is 119 Å². The van der Waals surface area contributed by atoms with E-state index in [0.717, 1.165) is 22.3 Å². The van der Waals surface area contributed by atoms with Crippen LogP contribution in [0.25, 0.3) is 68.6 Å². The van der Waals surface area contributed by atoms with Gasteiger partial charge in [0.15, 0.2) is 0 Å². The predicted molar refractivity (Wildman–Crippen MR) is 198 cm³/mol. The second-order valence-corrected chi connectivity index (χ2v) is 12.6. The van der Waals surface area contributed by atoms with Crippen LogP contribution in [0.5, 0.6) is 0 Å². The van der Waals surface area contributed by atoms with Crippen LogP contribution in [0, 0.1) is 0 Å². The number of aromatic nitrogens is 4. The van der Waals surface area contributed by atoms with E-state index >= 15 is 0 Å². The van der Waals surface area contributed by atoms with E-state index in [1.165, 1.54) is 27.7 Å². The Morgan fingerprint density at radius 3 is 1.16 bits per heavy atom. The number of fused-ring (bicyclic) bond motifs is 8. The smallest absolute Gasteiger partial charge is 0.144 e. The van der Waals surface area contributed by atoms with Crippen LogP contribution in [0.2, 0.25) is 0 Å². The molecule has 2 N–H and O–H groups in total. The molecule has 3 aromatic heterocycles. The molecule has 5 heterocycles. The molecule has 0 atom stereocenters. The molecule has 0 spiro atoms. The van der Waals surface area contributed by atoms with Crippen LogP contribution in [0.4, 0.5) is 0 Å². The normalized spacial score (nSPS) is 12.1. The molecule has 0 saturated heterocycles. The first kappa shape index (κ1) is 32.3. The molecule has 246 valence electrons. The van der Waals surface area contributed by atoms with Crippen molar-refractivity contribution in [3.63, 3.8) is 0 Å². The van der Waals surface area contributed by atoms with Gasteiger partial charge in [0, 0.05) is 44.3 Å². The number of rotatable bonds is 8. The van der Waals surface area contributed by atoms with Crippen molar-refractivity contribution >= 4 is 69.5 Å². The maximum absolute atomic E-state index is 13.1. The Bertz CT molecular complexity index is 2280. The van der Waals surface area contributed by atoms with E-state index in [0.29, 0.717) is 56.0 Å². The summed E-state index contributed by atoms with van der Waals surface area (Å²) in [4.78, 5) is 69.7. The minimum absolute atomic E-state index is 0.271. The fraction of sp³-hybridized carbons (Fsp3) is 0.143. The van der Waals surface area contributed by atoms with Gasteiger partial charge in [0.2, 0.25) is 0 Å². The maximum Gasteiger partial charge on any atom is 0.144 e. The fourth-order valence-electron chi connectivity index (χ4n) is 7.06.